The van der Waals surface area contributed by atoms with Crippen molar-refractivity contribution in [1.82, 2.24) is 30.7 Å². The summed E-state index contributed by atoms with van der Waals surface area (Å²) in [6.45, 7) is 9.63. The average Bonchev–Trinajstić information content (AvgIpc) is 3.77. The lowest BCUT2D eigenvalue weighted by atomic mass is 9.91. The van der Waals surface area contributed by atoms with Gasteiger partial charge in [-0.2, -0.15) is 0 Å². The van der Waals surface area contributed by atoms with E-state index in [1.165, 1.54) is 32.1 Å². The van der Waals surface area contributed by atoms with E-state index in [0.29, 0.717) is 37.3 Å². The molecule has 232 valence electrons. The highest BCUT2D eigenvalue weighted by Crippen LogP contribution is 2.33. The zero-order valence-electron chi connectivity index (χ0n) is 25.7. The van der Waals surface area contributed by atoms with Gasteiger partial charge in [-0.05, 0) is 62.2 Å². The van der Waals surface area contributed by atoms with Gasteiger partial charge in [-0.1, -0.05) is 39.2 Å². The zero-order valence-corrected chi connectivity index (χ0v) is 26.5. The van der Waals surface area contributed by atoms with Gasteiger partial charge in [0.2, 0.25) is 11.8 Å². The first-order valence-corrected chi connectivity index (χ1v) is 16.5. The van der Waals surface area contributed by atoms with Crippen LogP contribution in [0.5, 0.6) is 5.88 Å². The SMILES string of the molecule is Cc1ncsc1-c1ccc([C@H](C)NC(=O)[C@@H]2CCCN2C(=O)[C@@H](c2cc(OCCNC3CCCCC3)no2)C(C)C)cn1. The molecule has 1 aliphatic carbocycles. The molecule has 1 aliphatic heterocycles. The van der Waals surface area contributed by atoms with E-state index in [-0.39, 0.29) is 23.8 Å². The third-order valence-corrected chi connectivity index (χ3v) is 9.55. The van der Waals surface area contributed by atoms with Crippen molar-refractivity contribution in [3.05, 3.63) is 46.9 Å². The topological polar surface area (TPSA) is 122 Å². The molecule has 3 atom stereocenters. The Bertz CT molecular complexity index is 1350. The summed E-state index contributed by atoms with van der Waals surface area (Å²) >= 11 is 1.56. The minimum atomic E-state index is -0.553. The number of hydrogen-bond donors (Lipinski definition) is 2. The van der Waals surface area contributed by atoms with Crippen molar-refractivity contribution in [2.24, 2.45) is 5.92 Å². The van der Waals surface area contributed by atoms with Crippen LogP contribution in [-0.2, 0) is 9.59 Å². The highest BCUT2D eigenvalue weighted by atomic mass is 32.1. The first-order valence-electron chi connectivity index (χ1n) is 15.6. The standard InChI is InChI=1S/C32H44N6O4S/c1-20(2)29(27-17-28(37-42-27)41-16-14-33-24-9-6-5-7-10-24)32(40)38-15-8-11-26(38)31(39)36-21(3)23-12-13-25(34-18-23)30-22(4)35-19-43-30/h12-13,17-21,24,26,29,33H,5-11,14-16H2,1-4H3,(H,36,39)/t21-,26-,29+/m0/s1. The molecule has 3 aromatic heterocycles. The molecular formula is C32H44N6O4S. The molecule has 2 fully saturated rings. The number of thiazole rings is 1. The predicted molar refractivity (Wildman–Crippen MR) is 166 cm³/mol. The van der Waals surface area contributed by atoms with E-state index in [4.69, 9.17) is 9.26 Å². The molecule has 10 nitrogen and oxygen atoms in total. The predicted octanol–water partition coefficient (Wildman–Crippen LogP) is 5.41. The Morgan fingerprint density at radius 1 is 1.12 bits per heavy atom. The van der Waals surface area contributed by atoms with Gasteiger partial charge in [0.15, 0.2) is 5.76 Å². The van der Waals surface area contributed by atoms with Crippen molar-refractivity contribution in [2.75, 3.05) is 19.7 Å². The van der Waals surface area contributed by atoms with Gasteiger partial charge in [-0.3, -0.25) is 14.6 Å². The molecule has 2 amide bonds. The lowest BCUT2D eigenvalue weighted by Gasteiger charge is -2.29. The normalized spacial score (nSPS) is 19.0. The number of carbonyl (C=O) groups excluding carboxylic acids is 2. The van der Waals surface area contributed by atoms with Gasteiger partial charge in [-0.15, -0.1) is 11.3 Å². The summed E-state index contributed by atoms with van der Waals surface area (Å²) in [6, 6.07) is 5.44. The summed E-state index contributed by atoms with van der Waals surface area (Å²) in [5, 5.41) is 10.7. The van der Waals surface area contributed by atoms with Crippen LogP contribution in [0.15, 0.2) is 34.4 Å². The third-order valence-electron chi connectivity index (χ3n) is 8.60. The van der Waals surface area contributed by atoms with Gasteiger partial charge in [-0.25, -0.2) is 4.98 Å². The molecule has 43 heavy (non-hydrogen) atoms. The zero-order chi connectivity index (χ0) is 30.3. The Kier molecular flexibility index (Phi) is 10.5. The summed E-state index contributed by atoms with van der Waals surface area (Å²) in [5.41, 5.74) is 4.53. The highest BCUT2D eigenvalue weighted by molar-refractivity contribution is 7.13. The van der Waals surface area contributed by atoms with Crippen molar-refractivity contribution in [3.8, 4) is 16.5 Å². The maximum Gasteiger partial charge on any atom is 0.254 e. The largest absolute Gasteiger partial charge is 0.474 e. The fourth-order valence-electron chi connectivity index (χ4n) is 6.17. The molecule has 1 saturated carbocycles. The first-order chi connectivity index (χ1) is 20.8. The first kappa shape index (κ1) is 31.1. The maximum absolute atomic E-state index is 13.9. The van der Waals surface area contributed by atoms with Crippen LogP contribution in [-0.4, -0.2) is 63.6 Å². The lowest BCUT2D eigenvalue weighted by molar-refractivity contribution is -0.141. The van der Waals surface area contributed by atoms with Crippen LogP contribution in [0.1, 0.15) is 94.7 Å². The number of aromatic nitrogens is 3. The van der Waals surface area contributed by atoms with Crippen LogP contribution in [0.2, 0.25) is 0 Å². The van der Waals surface area contributed by atoms with Crippen molar-refractivity contribution >= 4 is 23.2 Å². The van der Waals surface area contributed by atoms with Crippen molar-refractivity contribution in [1.29, 1.82) is 0 Å². The number of amides is 2. The van der Waals surface area contributed by atoms with Crippen molar-refractivity contribution in [2.45, 2.75) is 96.7 Å². The average molecular weight is 609 g/mol. The van der Waals surface area contributed by atoms with E-state index >= 15 is 0 Å². The Hall–Kier alpha value is -3.31. The highest BCUT2D eigenvalue weighted by Gasteiger charge is 2.40. The molecule has 2 N–H and O–H groups in total. The number of rotatable bonds is 12. The summed E-state index contributed by atoms with van der Waals surface area (Å²) in [4.78, 5) is 39.0. The van der Waals surface area contributed by atoms with Gasteiger partial charge < -0.3 is 24.8 Å². The molecule has 0 radical (unpaired) electrons. The number of hydrogen-bond acceptors (Lipinski definition) is 9. The molecule has 2 aliphatic rings. The molecule has 11 heteroatoms. The van der Waals surface area contributed by atoms with E-state index < -0.39 is 12.0 Å². The van der Waals surface area contributed by atoms with Crippen LogP contribution < -0.4 is 15.4 Å². The van der Waals surface area contributed by atoms with Crippen molar-refractivity contribution in [3.63, 3.8) is 0 Å². The summed E-state index contributed by atoms with van der Waals surface area (Å²) in [7, 11) is 0. The van der Waals surface area contributed by atoms with Gasteiger partial charge in [0.25, 0.3) is 5.88 Å². The number of carbonyl (C=O) groups is 2. The smallest absolute Gasteiger partial charge is 0.254 e. The molecule has 3 aromatic rings. The quantitative estimate of drug-likeness (QED) is 0.262. The van der Waals surface area contributed by atoms with Gasteiger partial charge in [0.1, 0.15) is 18.6 Å². The second-order valence-corrected chi connectivity index (χ2v) is 12.9. The number of likely N-dealkylation sites (tertiary alicyclic amines) is 1. The monoisotopic (exact) mass is 608 g/mol. The molecule has 1 saturated heterocycles. The fourth-order valence-corrected chi connectivity index (χ4v) is 6.95. The maximum atomic E-state index is 13.9. The van der Waals surface area contributed by atoms with Crippen LogP contribution in [0.25, 0.3) is 10.6 Å². The third kappa shape index (κ3) is 7.62. The second-order valence-electron chi connectivity index (χ2n) is 12.1. The van der Waals surface area contributed by atoms with Crippen LogP contribution in [0.4, 0.5) is 0 Å². The summed E-state index contributed by atoms with van der Waals surface area (Å²) in [6.07, 6.45) is 9.53. The van der Waals surface area contributed by atoms with Gasteiger partial charge in [0.05, 0.1) is 27.8 Å². The molecule has 5 rings (SSSR count). The number of nitrogens with zero attached hydrogens (tertiary/aromatic N) is 4. The van der Waals surface area contributed by atoms with E-state index in [1.54, 1.807) is 28.5 Å². The minimum Gasteiger partial charge on any atom is -0.474 e. The number of pyridine rings is 1. The molecule has 0 aromatic carbocycles. The molecule has 4 heterocycles. The Balaban J connectivity index is 1.17. The summed E-state index contributed by atoms with van der Waals surface area (Å²) < 4.78 is 11.5. The van der Waals surface area contributed by atoms with E-state index in [2.05, 4.69) is 25.8 Å². The van der Waals surface area contributed by atoms with Gasteiger partial charge in [0, 0.05) is 31.4 Å². The van der Waals surface area contributed by atoms with E-state index in [1.807, 2.05) is 45.3 Å². The van der Waals surface area contributed by atoms with Crippen LogP contribution in [0, 0.1) is 12.8 Å². The summed E-state index contributed by atoms with van der Waals surface area (Å²) in [5.74, 6) is -0.0203. The number of aryl methyl sites for hydroxylation is 1. The van der Waals surface area contributed by atoms with E-state index in [0.717, 1.165) is 34.8 Å². The van der Waals surface area contributed by atoms with Crippen LogP contribution >= 0.6 is 11.3 Å². The molecule has 0 spiro atoms. The molecule has 0 bridgehead atoms. The van der Waals surface area contributed by atoms with Crippen LogP contribution in [0.3, 0.4) is 0 Å². The number of ether oxygens (including phenoxy) is 1. The van der Waals surface area contributed by atoms with E-state index in [9.17, 15) is 9.59 Å². The Labute approximate surface area is 258 Å². The Morgan fingerprint density at radius 3 is 2.63 bits per heavy atom. The lowest BCUT2D eigenvalue weighted by Crippen LogP contribution is -2.48. The molecule has 0 unspecified atom stereocenters. The number of nitrogens with one attached hydrogen (secondary N) is 2. The second kappa shape index (κ2) is 14.4. The van der Waals surface area contributed by atoms with Gasteiger partial charge >= 0.3 is 0 Å². The minimum absolute atomic E-state index is 0.0451. The van der Waals surface area contributed by atoms with Crippen molar-refractivity contribution < 1.29 is 18.8 Å². The Morgan fingerprint density at radius 2 is 1.93 bits per heavy atom. The fraction of sp³-hybridized carbons (Fsp3) is 0.594. The molecular weight excluding hydrogens is 564 g/mol.